The lowest BCUT2D eigenvalue weighted by Gasteiger charge is -2.39. The van der Waals surface area contributed by atoms with Crippen molar-refractivity contribution in [3.05, 3.63) is 71.1 Å². The van der Waals surface area contributed by atoms with Gasteiger partial charge in [0.05, 0.1) is 12.0 Å². The van der Waals surface area contributed by atoms with Gasteiger partial charge in [-0.25, -0.2) is 0 Å². The molecule has 0 spiro atoms. The van der Waals surface area contributed by atoms with Gasteiger partial charge in [-0.2, -0.15) is 4.98 Å². The van der Waals surface area contributed by atoms with Crippen molar-refractivity contribution in [2.75, 3.05) is 13.1 Å². The van der Waals surface area contributed by atoms with Crippen molar-refractivity contribution in [3.8, 4) is 11.4 Å². The second kappa shape index (κ2) is 7.73. The summed E-state index contributed by atoms with van der Waals surface area (Å²) in [4.78, 5) is 19.0. The molecule has 7 heteroatoms. The lowest BCUT2D eigenvalue weighted by atomic mass is 9.72. The SMILES string of the molecule is NC(=O)C1(c2ccccc2)CCN(Cc2nc(-c3cccc(Cl)c3)no2)CC1. The maximum atomic E-state index is 12.3. The normalized spacial score (nSPS) is 16.8. The molecule has 2 heterocycles. The number of nitrogens with zero attached hydrogens (tertiary/aromatic N) is 3. The molecule has 0 bridgehead atoms. The van der Waals surface area contributed by atoms with Crippen LogP contribution in [0.2, 0.25) is 5.02 Å². The summed E-state index contributed by atoms with van der Waals surface area (Å²) in [6.45, 7) is 2.00. The smallest absolute Gasteiger partial charge is 0.241 e. The van der Waals surface area contributed by atoms with Crippen molar-refractivity contribution in [2.24, 2.45) is 5.73 Å². The Hall–Kier alpha value is -2.70. The van der Waals surface area contributed by atoms with Crippen LogP contribution in [0.5, 0.6) is 0 Å². The minimum absolute atomic E-state index is 0.264. The van der Waals surface area contributed by atoms with Crippen molar-refractivity contribution >= 4 is 17.5 Å². The standard InChI is InChI=1S/C21H21ClN4O2/c22-17-8-4-5-15(13-17)19-24-18(28-25-19)14-26-11-9-21(10-12-26,20(23)27)16-6-2-1-3-7-16/h1-8,13H,9-12,14H2,(H2,23,27). The number of hydrogen-bond donors (Lipinski definition) is 1. The first kappa shape index (κ1) is 18.7. The van der Waals surface area contributed by atoms with Crippen LogP contribution in [0, 0.1) is 0 Å². The number of rotatable bonds is 5. The number of benzene rings is 2. The first-order valence-corrected chi connectivity index (χ1v) is 9.61. The Morgan fingerprint density at radius 1 is 1.14 bits per heavy atom. The van der Waals surface area contributed by atoms with Gasteiger partial charge in [0.25, 0.3) is 0 Å². The van der Waals surface area contributed by atoms with Crippen LogP contribution in [-0.4, -0.2) is 34.0 Å². The zero-order valence-electron chi connectivity index (χ0n) is 15.3. The number of halogens is 1. The molecular formula is C21H21ClN4O2. The Morgan fingerprint density at radius 3 is 2.57 bits per heavy atom. The molecule has 1 aliphatic heterocycles. The van der Waals surface area contributed by atoms with Crippen LogP contribution in [0.25, 0.3) is 11.4 Å². The molecule has 0 aliphatic carbocycles. The molecule has 6 nitrogen and oxygen atoms in total. The molecule has 4 rings (SSSR count). The highest BCUT2D eigenvalue weighted by Crippen LogP contribution is 2.35. The Kier molecular flexibility index (Phi) is 5.15. The van der Waals surface area contributed by atoms with Gasteiger partial charge in [0, 0.05) is 23.7 Å². The molecule has 1 aliphatic rings. The summed E-state index contributed by atoms with van der Waals surface area (Å²) in [5.41, 5.74) is 7.00. The van der Waals surface area contributed by atoms with Crippen LogP contribution < -0.4 is 5.73 Å². The van der Waals surface area contributed by atoms with E-state index in [9.17, 15) is 4.79 Å². The largest absolute Gasteiger partial charge is 0.369 e. The number of primary amides is 1. The summed E-state index contributed by atoms with van der Waals surface area (Å²) in [7, 11) is 0. The summed E-state index contributed by atoms with van der Waals surface area (Å²) in [6.07, 6.45) is 1.34. The summed E-state index contributed by atoms with van der Waals surface area (Å²) < 4.78 is 5.41. The molecule has 28 heavy (non-hydrogen) atoms. The second-order valence-corrected chi connectivity index (χ2v) is 7.55. The number of carbonyl (C=O) groups is 1. The predicted octanol–water partition coefficient (Wildman–Crippen LogP) is 3.41. The van der Waals surface area contributed by atoms with Crippen molar-refractivity contribution in [3.63, 3.8) is 0 Å². The van der Waals surface area contributed by atoms with Crippen LogP contribution >= 0.6 is 11.6 Å². The van der Waals surface area contributed by atoms with Crippen molar-refractivity contribution in [1.29, 1.82) is 0 Å². The molecule has 2 N–H and O–H groups in total. The number of amides is 1. The van der Waals surface area contributed by atoms with E-state index < -0.39 is 5.41 Å². The first-order valence-electron chi connectivity index (χ1n) is 9.23. The van der Waals surface area contributed by atoms with E-state index in [2.05, 4.69) is 15.0 Å². The number of aromatic nitrogens is 2. The fourth-order valence-electron chi connectivity index (χ4n) is 3.78. The monoisotopic (exact) mass is 396 g/mol. The lowest BCUT2D eigenvalue weighted by molar-refractivity contribution is -0.125. The van der Waals surface area contributed by atoms with Crippen LogP contribution in [0.1, 0.15) is 24.3 Å². The minimum Gasteiger partial charge on any atom is -0.369 e. The van der Waals surface area contributed by atoms with Gasteiger partial charge >= 0.3 is 0 Å². The van der Waals surface area contributed by atoms with Gasteiger partial charge in [0.15, 0.2) is 0 Å². The maximum Gasteiger partial charge on any atom is 0.241 e. The van der Waals surface area contributed by atoms with Gasteiger partial charge in [-0.05, 0) is 30.5 Å². The zero-order valence-corrected chi connectivity index (χ0v) is 16.1. The zero-order chi connectivity index (χ0) is 19.6. The highest BCUT2D eigenvalue weighted by Gasteiger charge is 2.41. The van der Waals surface area contributed by atoms with Crippen LogP contribution in [0.3, 0.4) is 0 Å². The third kappa shape index (κ3) is 3.66. The highest BCUT2D eigenvalue weighted by molar-refractivity contribution is 6.30. The predicted molar refractivity (Wildman–Crippen MR) is 107 cm³/mol. The van der Waals surface area contributed by atoms with E-state index in [1.807, 2.05) is 42.5 Å². The van der Waals surface area contributed by atoms with Crippen LogP contribution in [0.15, 0.2) is 59.1 Å². The van der Waals surface area contributed by atoms with Gasteiger partial charge in [-0.1, -0.05) is 59.2 Å². The van der Waals surface area contributed by atoms with Crippen molar-refractivity contribution < 1.29 is 9.32 Å². The van der Waals surface area contributed by atoms with Crippen LogP contribution in [0.4, 0.5) is 0 Å². The van der Waals surface area contributed by atoms with E-state index >= 15 is 0 Å². The van der Waals surface area contributed by atoms with Crippen molar-refractivity contribution in [1.82, 2.24) is 15.0 Å². The third-order valence-corrected chi connectivity index (χ3v) is 5.65. The van der Waals surface area contributed by atoms with E-state index in [0.29, 0.717) is 36.1 Å². The molecule has 144 valence electrons. The van der Waals surface area contributed by atoms with E-state index in [1.54, 1.807) is 12.1 Å². The Bertz CT molecular complexity index is 965. The van der Waals surface area contributed by atoms with Gasteiger partial charge in [0.2, 0.25) is 17.6 Å². The number of piperidine rings is 1. The van der Waals surface area contributed by atoms with Gasteiger partial charge < -0.3 is 10.3 Å². The van der Waals surface area contributed by atoms with E-state index in [4.69, 9.17) is 21.9 Å². The quantitative estimate of drug-likeness (QED) is 0.714. The number of carbonyl (C=O) groups excluding carboxylic acids is 1. The number of nitrogens with two attached hydrogens (primary N) is 1. The van der Waals surface area contributed by atoms with Crippen molar-refractivity contribution in [2.45, 2.75) is 24.8 Å². The van der Waals surface area contributed by atoms with Gasteiger partial charge in [-0.15, -0.1) is 0 Å². The van der Waals surface area contributed by atoms with Gasteiger partial charge in [0.1, 0.15) is 0 Å². The molecule has 0 saturated carbocycles. The van der Waals surface area contributed by atoms with E-state index in [1.165, 1.54) is 0 Å². The minimum atomic E-state index is -0.613. The molecule has 1 amide bonds. The average Bonchev–Trinajstić information content (AvgIpc) is 3.18. The molecule has 3 aromatic rings. The van der Waals surface area contributed by atoms with E-state index in [0.717, 1.165) is 24.2 Å². The average molecular weight is 397 g/mol. The second-order valence-electron chi connectivity index (χ2n) is 7.11. The summed E-state index contributed by atoms with van der Waals surface area (Å²) in [6, 6.07) is 17.2. The molecule has 0 unspecified atom stereocenters. The Balaban J connectivity index is 1.44. The lowest BCUT2D eigenvalue weighted by Crippen LogP contribution is -2.49. The highest BCUT2D eigenvalue weighted by atomic mass is 35.5. The fourth-order valence-corrected chi connectivity index (χ4v) is 3.97. The molecule has 1 fully saturated rings. The topological polar surface area (TPSA) is 85.3 Å². The third-order valence-electron chi connectivity index (χ3n) is 5.42. The Morgan fingerprint density at radius 2 is 1.89 bits per heavy atom. The molecular weight excluding hydrogens is 376 g/mol. The fraction of sp³-hybridized carbons (Fsp3) is 0.286. The molecule has 2 aromatic carbocycles. The Labute approximate surface area is 168 Å². The number of likely N-dealkylation sites (tertiary alicyclic amines) is 1. The first-order chi connectivity index (χ1) is 13.6. The summed E-state index contributed by atoms with van der Waals surface area (Å²) >= 11 is 6.03. The van der Waals surface area contributed by atoms with Gasteiger partial charge in [-0.3, -0.25) is 9.69 Å². The molecule has 0 radical (unpaired) electrons. The summed E-state index contributed by atoms with van der Waals surface area (Å²) in [5.74, 6) is 0.797. The molecule has 1 aromatic heterocycles. The molecule has 0 atom stereocenters. The van der Waals surface area contributed by atoms with E-state index in [-0.39, 0.29) is 5.91 Å². The molecule has 1 saturated heterocycles. The maximum absolute atomic E-state index is 12.3. The number of hydrogen-bond acceptors (Lipinski definition) is 5. The summed E-state index contributed by atoms with van der Waals surface area (Å²) in [5, 5.41) is 4.68. The van der Waals surface area contributed by atoms with Crippen LogP contribution in [-0.2, 0) is 16.8 Å².